The van der Waals surface area contributed by atoms with E-state index in [2.05, 4.69) is 6.92 Å². The van der Waals surface area contributed by atoms with Crippen molar-refractivity contribution in [2.24, 2.45) is 5.92 Å². The van der Waals surface area contributed by atoms with Crippen LogP contribution in [0, 0.1) is 5.92 Å². The zero-order chi connectivity index (χ0) is 11.4. The second kappa shape index (κ2) is 6.51. The van der Waals surface area contributed by atoms with Crippen LogP contribution < -0.4 is 0 Å². The molecule has 1 nitrogen and oxygen atoms in total. The van der Waals surface area contributed by atoms with Crippen molar-refractivity contribution >= 4 is 23.6 Å². The summed E-state index contributed by atoms with van der Waals surface area (Å²) in [4.78, 5) is 0. The van der Waals surface area contributed by atoms with E-state index in [1.165, 1.54) is 25.7 Å². The van der Waals surface area contributed by atoms with Crippen LogP contribution in [0.3, 0.4) is 0 Å². The Bertz CT molecular complexity index is 174. The summed E-state index contributed by atoms with van der Waals surface area (Å²) in [6, 6.07) is 0. The van der Waals surface area contributed by atoms with E-state index in [1.807, 2.05) is 0 Å². The van der Waals surface area contributed by atoms with Crippen molar-refractivity contribution in [1.82, 2.24) is 0 Å². The molecule has 2 aliphatic carbocycles. The third kappa shape index (κ3) is 4.12. The molecule has 0 saturated heterocycles. The number of hydrogen-bond donors (Lipinski definition) is 0. The fourth-order valence-corrected chi connectivity index (χ4v) is 3.82. The van der Waals surface area contributed by atoms with E-state index in [1.54, 1.807) is 12.0 Å². The first-order chi connectivity index (χ1) is 7.74. The van der Waals surface area contributed by atoms with Gasteiger partial charge in [0.15, 0.2) is 0 Å². The largest absolute Gasteiger partial charge is 0.312 e. The SMILES string of the molecule is CC1CCC(SOC2CCC(Cl)CC2)CC1. The first-order valence-corrected chi connectivity index (χ1v) is 7.94. The number of rotatable bonds is 3. The Kier molecular flexibility index (Phi) is 5.31. The molecule has 0 unspecified atom stereocenters. The van der Waals surface area contributed by atoms with E-state index in [4.69, 9.17) is 15.8 Å². The van der Waals surface area contributed by atoms with Gasteiger partial charge in [0, 0.05) is 10.6 Å². The molecule has 0 atom stereocenters. The van der Waals surface area contributed by atoms with Gasteiger partial charge in [0.2, 0.25) is 0 Å². The molecule has 0 aromatic carbocycles. The van der Waals surface area contributed by atoms with Gasteiger partial charge >= 0.3 is 0 Å². The lowest BCUT2D eigenvalue weighted by Crippen LogP contribution is -2.22. The molecule has 0 amide bonds. The van der Waals surface area contributed by atoms with Crippen molar-refractivity contribution in [3.63, 3.8) is 0 Å². The topological polar surface area (TPSA) is 9.23 Å². The van der Waals surface area contributed by atoms with Gasteiger partial charge in [-0.2, -0.15) is 0 Å². The first kappa shape index (κ1) is 13.0. The summed E-state index contributed by atoms with van der Waals surface area (Å²) >= 11 is 7.85. The molecule has 3 heteroatoms. The highest BCUT2D eigenvalue weighted by Crippen LogP contribution is 2.35. The van der Waals surface area contributed by atoms with Crippen LogP contribution in [0.1, 0.15) is 58.3 Å². The first-order valence-electron chi connectivity index (χ1n) is 6.70. The van der Waals surface area contributed by atoms with Gasteiger partial charge in [-0.05, 0) is 69.3 Å². The highest BCUT2D eigenvalue weighted by Gasteiger charge is 2.24. The fraction of sp³-hybridized carbons (Fsp3) is 1.00. The fourth-order valence-electron chi connectivity index (χ4n) is 2.60. The minimum atomic E-state index is 0.403. The quantitative estimate of drug-likeness (QED) is 0.535. The Morgan fingerprint density at radius 1 is 0.938 bits per heavy atom. The van der Waals surface area contributed by atoms with Crippen LogP contribution in [0.5, 0.6) is 0 Å². The molecule has 0 aromatic heterocycles. The van der Waals surface area contributed by atoms with Gasteiger partial charge in [0.25, 0.3) is 0 Å². The lowest BCUT2D eigenvalue weighted by molar-refractivity contribution is 0.183. The Morgan fingerprint density at radius 2 is 1.56 bits per heavy atom. The average Bonchev–Trinajstić information content (AvgIpc) is 2.30. The summed E-state index contributed by atoms with van der Waals surface area (Å²) < 4.78 is 5.96. The lowest BCUT2D eigenvalue weighted by atomic mass is 9.91. The summed E-state index contributed by atoms with van der Waals surface area (Å²) in [7, 11) is 0. The molecule has 2 rings (SSSR count). The lowest BCUT2D eigenvalue weighted by Gasteiger charge is -2.29. The third-order valence-corrected chi connectivity index (χ3v) is 5.46. The van der Waals surface area contributed by atoms with Crippen molar-refractivity contribution < 1.29 is 4.18 Å². The van der Waals surface area contributed by atoms with Gasteiger partial charge in [0.1, 0.15) is 0 Å². The molecule has 0 aliphatic heterocycles. The van der Waals surface area contributed by atoms with E-state index in [9.17, 15) is 0 Å². The average molecular weight is 263 g/mol. The summed E-state index contributed by atoms with van der Waals surface area (Å²) in [6.45, 7) is 2.36. The molecule has 0 N–H and O–H groups in total. The van der Waals surface area contributed by atoms with E-state index in [-0.39, 0.29) is 0 Å². The van der Waals surface area contributed by atoms with Crippen LogP contribution in [0.4, 0.5) is 0 Å². The Labute approximate surface area is 109 Å². The minimum absolute atomic E-state index is 0.403. The summed E-state index contributed by atoms with van der Waals surface area (Å²) in [6.07, 6.45) is 10.5. The second-order valence-corrected chi connectivity index (χ2v) is 7.12. The van der Waals surface area contributed by atoms with Gasteiger partial charge in [-0.15, -0.1) is 11.6 Å². The van der Waals surface area contributed by atoms with E-state index < -0.39 is 0 Å². The molecule has 0 aromatic rings. The zero-order valence-electron chi connectivity index (χ0n) is 10.2. The Hall–Kier alpha value is 0.600. The maximum atomic E-state index is 6.08. The van der Waals surface area contributed by atoms with Gasteiger partial charge in [-0.3, -0.25) is 0 Å². The van der Waals surface area contributed by atoms with Gasteiger partial charge < -0.3 is 4.18 Å². The Balaban J connectivity index is 1.60. The molecule has 16 heavy (non-hydrogen) atoms. The van der Waals surface area contributed by atoms with Gasteiger partial charge in [0.05, 0.1) is 6.10 Å². The maximum Gasteiger partial charge on any atom is 0.0723 e. The molecule has 0 heterocycles. The molecule has 0 radical (unpaired) electrons. The van der Waals surface area contributed by atoms with Crippen LogP contribution in [-0.4, -0.2) is 16.7 Å². The minimum Gasteiger partial charge on any atom is -0.312 e. The predicted octanol–water partition coefficient (Wildman–Crippen LogP) is 4.78. The van der Waals surface area contributed by atoms with Crippen molar-refractivity contribution in [2.75, 3.05) is 0 Å². The van der Waals surface area contributed by atoms with Crippen LogP contribution in [-0.2, 0) is 4.18 Å². The molecule has 0 bridgehead atoms. The van der Waals surface area contributed by atoms with Gasteiger partial charge in [-0.25, -0.2) is 0 Å². The van der Waals surface area contributed by atoms with E-state index in [0.29, 0.717) is 11.5 Å². The van der Waals surface area contributed by atoms with Crippen LogP contribution in [0.25, 0.3) is 0 Å². The molecular weight excluding hydrogens is 240 g/mol. The second-order valence-electron chi connectivity index (χ2n) is 5.45. The number of halogens is 1. The summed E-state index contributed by atoms with van der Waals surface area (Å²) in [5.74, 6) is 0.934. The molecule has 2 aliphatic rings. The van der Waals surface area contributed by atoms with E-state index in [0.717, 1.165) is 36.9 Å². The number of hydrogen-bond acceptors (Lipinski definition) is 2. The highest BCUT2D eigenvalue weighted by molar-refractivity contribution is 7.95. The summed E-state index contributed by atoms with van der Waals surface area (Å²) in [5.41, 5.74) is 0. The zero-order valence-corrected chi connectivity index (χ0v) is 11.7. The predicted molar refractivity (Wildman–Crippen MR) is 72.0 cm³/mol. The van der Waals surface area contributed by atoms with Crippen molar-refractivity contribution in [3.8, 4) is 0 Å². The molecule has 0 spiro atoms. The van der Waals surface area contributed by atoms with E-state index >= 15 is 0 Å². The van der Waals surface area contributed by atoms with Crippen LogP contribution >= 0.6 is 23.6 Å². The standard InChI is InChI=1S/C13H23ClOS/c1-10-2-8-13(9-3-10)16-15-12-6-4-11(14)5-7-12/h10-13H,2-9H2,1H3. The molecule has 94 valence electrons. The molecular formula is C13H23ClOS. The van der Waals surface area contributed by atoms with Crippen LogP contribution in [0.15, 0.2) is 0 Å². The van der Waals surface area contributed by atoms with Crippen molar-refractivity contribution in [3.05, 3.63) is 0 Å². The highest BCUT2D eigenvalue weighted by atomic mass is 35.5. The molecule has 2 fully saturated rings. The Morgan fingerprint density at radius 3 is 2.19 bits per heavy atom. The van der Waals surface area contributed by atoms with Crippen LogP contribution in [0.2, 0.25) is 0 Å². The monoisotopic (exact) mass is 262 g/mol. The van der Waals surface area contributed by atoms with Crippen molar-refractivity contribution in [2.45, 2.75) is 75.0 Å². The third-order valence-electron chi connectivity index (χ3n) is 3.89. The summed E-state index contributed by atoms with van der Waals surface area (Å²) in [5, 5.41) is 1.16. The maximum absolute atomic E-state index is 6.08. The van der Waals surface area contributed by atoms with Crippen molar-refractivity contribution in [1.29, 1.82) is 0 Å². The molecule has 2 saturated carbocycles. The smallest absolute Gasteiger partial charge is 0.0723 e. The van der Waals surface area contributed by atoms with Gasteiger partial charge in [-0.1, -0.05) is 6.92 Å². The number of alkyl halides is 1. The normalized spacial score (nSPS) is 40.9.